The fourth-order valence-corrected chi connectivity index (χ4v) is 2.57. The van der Waals surface area contributed by atoms with Crippen molar-refractivity contribution < 1.29 is 4.74 Å². The molecular formula is C18H27N3O. The third-order valence-electron chi connectivity index (χ3n) is 3.76. The van der Waals surface area contributed by atoms with E-state index in [-0.39, 0.29) is 0 Å². The van der Waals surface area contributed by atoms with Crippen LogP contribution >= 0.6 is 0 Å². The normalized spacial score (nSPS) is 16.3. The molecule has 1 fully saturated rings. The van der Waals surface area contributed by atoms with Gasteiger partial charge in [-0.25, -0.2) is 4.99 Å². The first kappa shape index (κ1) is 16.4. The fourth-order valence-electron chi connectivity index (χ4n) is 2.57. The van der Waals surface area contributed by atoms with Crippen molar-refractivity contribution in [1.82, 2.24) is 5.32 Å². The maximum Gasteiger partial charge on any atom is 0.189 e. The van der Waals surface area contributed by atoms with Crippen LogP contribution in [0.3, 0.4) is 0 Å². The lowest BCUT2D eigenvalue weighted by molar-refractivity contribution is 0.155. The summed E-state index contributed by atoms with van der Waals surface area (Å²) in [6.45, 7) is 6.98. The second kappa shape index (κ2) is 8.47. The molecule has 22 heavy (non-hydrogen) atoms. The summed E-state index contributed by atoms with van der Waals surface area (Å²) in [6, 6.07) is 8.14. The molecule has 120 valence electrons. The van der Waals surface area contributed by atoms with E-state index in [1.807, 2.05) is 25.1 Å². The van der Waals surface area contributed by atoms with Gasteiger partial charge >= 0.3 is 0 Å². The largest absolute Gasteiger partial charge is 0.490 e. The molecule has 3 N–H and O–H groups in total. The van der Waals surface area contributed by atoms with Crippen LogP contribution in [0, 0.1) is 0 Å². The summed E-state index contributed by atoms with van der Waals surface area (Å²) in [5, 5.41) is 3.03. The molecule has 0 amide bonds. The van der Waals surface area contributed by atoms with Gasteiger partial charge < -0.3 is 15.8 Å². The molecule has 0 aromatic heterocycles. The predicted molar refractivity (Wildman–Crippen MR) is 92.1 cm³/mol. The first-order valence-corrected chi connectivity index (χ1v) is 8.07. The Bertz CT molecular complexity index is 519. The van der Waals surface area contributed by atoms with Crippen molar-refractivity contribution >= 4 is 5.96 Å². The third kappa shape index (κ3) is 5.80. The highest BCUT2D eigenvalue weighted by Gasteiger charge is 2.14. The fraction of sp³-hybridized carbons (Fsp3) is 0.500. The van der Waals surface area contributed by atoms with Gasteiger partial charge in [0.25, 0.3) is 0 Å². The van der Waals surface area contributed by atoms with Crippen LogP contribution < -0.4 is 15.8 Å². The first-order valence-electron chi connectivity index (χ1n) is 8.07. The minimum atomic E-state index is 0.370. The summed E-state index contributed by atoms with van der Waals surface area (Å²) in [7, 11) is 0. The van der Waals surface area contributed by atoms with Crippen LogP contribution in [-0.2, 0) is 6.54 Å². The summed E-state index contributed by atoms with van der Waals surface area (Å²) in [5.74, 6) is 1.38. The van der Waals surface area contributed by atoms with E-state index < -0.39 is 0 Å². The smallest absolute Gasteiger partial charge is 0.189 e. The van der Waals surface area contributed by atoms with Crippen LogP contribution in [-0.4, -0.2) is 18.6 Å². The molecule has 1 aliphatic carbocycles. The van der Waals surface area contributed by atoms with Gasteiger partial charge in [-0.05, 0) is 50.3 Å². The van der Waals surface area contributed by atoms with Crippen LogP contribution in [0.5, 0.6) is 5.75 Å². The van der Waals surface area contributed by atoms with Gasteiger partial charge in [-0.15, -0.1) is 0 Å². The Morgan fingerprint density at radius 3 is 2.86 bits per heavy atom. The van der Waals surface area contributed by atoms with Crippen LogP contribution in [0.4, 0.5) is 0 Å². The van der Waals surface area contributed by atoms with E-state index in [1.165, 1.54) is 32.1 Å². The van der Waals surface area contributed by atoms with Crippen molar-refractivity contribution in [3.05, 3.63) is 42.0 Å². The summed E-state index contributed by atoms with van der Waals surface area (Å²) in [5.41, 5.74) is 7.96. The van der Waals surface area contributed by atoms with Gasteiger partial charge in [0.2, 0.25) is 0 Å². The Morgan fingerprint density at radius 2 is 2.14 bits per heavy atom. The number of nitrogens with one attached hydrogen (secondary N) is 1. The monoisotopic (exact) mass is 301 g/mol. The van der Waals surface area contributed by atoms with E-state index in [2.05, 4.69) is 23.0 Å². The van der Waals surface area contributed by atoms with Gasteiger partial charge in [-0.2, -0.15) is 0 Å². The summed E-state index contributed by atoms with van der Waals surface area (Å²) in [6.07, 6.45) is 6.60. The minimum absolute atomic E-state index is 0.370. The second-order valence-electron chi connectivity index (χ2n) is 6.04. The zero-order valence-electron chi connectivity index (χ0n) is 13.5. The number of ether oxygens (including phenoxy) is 1. The zero-order valence-corrected chi connectivity index (χ0v) is 13.5. The Hall–Kier alpha value is -1.97. The lowest BCUT2D eigenvalue weighted by Gasteiger charge is -2.23. The van der Waals surface area contributed by atoms with Gasteiger partial charge in [-0.3, -0.25) is 0 Å². The maximum absolute atomic E-state index is 6.07. The molecule has 2 rings (SSSR count). The molecule has 1 saturated carbocycles. The average Bonchev–Trinajstić information content (AvgIpc) is 2.52. The Kier molecular flexibility index (Phi) is 6.31. The molecule has 4 heteroatoms. The molecule has 0 radical (unpaired) electrons. The van der Waals surface area contributed by atoms with Gasteiger partial charge in [0, 0.05) is 6.54 Å². The molecule has 1 aromatic rings. The van der Waals surface area contributed by atoms with Gasteiger partial charge in [-0.1, -0.05) is 30.7 Å². The Labute approximate surface area is 133 Å². The van der Waals surface area contributed by atoms with Crippen molar-refractivity contribution in [1.29, 1.82) is 0 Å². The van der Waals surface area contributed by atoms with E-state index in [9.17, 15) is 0 Å². The van der Waals surface area contributed by atoms with Crippen molar-refractivity contribution in [3.63, 3.8) is 0 Å². The second-order valence-corrected chi connectivity index (χ2v) is 6.04. The SMILES string of the molecule is C=C(C)CNC(N)=NCc1cccc(OC2CCCCC2)c1. The van der Waals surface area contributed by atoms with Crippen molar-refractivity contribution in [3.8, 4) is 5.75 Å². The number of hydrogen-bond donors (Lipinski definition) is 2. The highest BCUT2D eigenvalue weighted by molar-refractivity contribution is 5.78. The van der Waals surface area contributed by atoms with E-state index in [4.69, 9.17) is 10.5 Å². The standard InChI is InChI=1S/C18H27N3O/c1-14(2)12-20-18(19)21-13-15-7-6-10-17(11-15)22-16-8-4-3-5-9-16/h6-7,10-11,16H,1,3-5,8-9,12-13H2,2H3,(H3,19,20,21). The van der Waals surface area contributed by atoms with Crippen LogP contribution in [0.1, 0.15) is 44.6 Å². The molecule has 0 atom stereocenters. The lowest BCUT2D eigenvalue weighted by Crippen LogP contribution is -2.32. The lowest BCUT2D eigenvalue weighted by atomic mass is 9.98. The zero-order chi connectivity index (χ0) is 15.8. The molecule has 0 heterocycles. The number of guanidine groups is 1. The molecule has 0 spiro atoms. The van der Waals surface area contributed by atoms with Crippen LogP contribution in [0.15, 0.2) is 41.4 Å². The van der Waals surface area contributed by atoms with Crippen molar-refractivity contribution in [2.45, 2.75) is 51.7 Å². The Morgan fingerprint density at radius 1 is 1.36 bits per heavy atom. The van der Waals surface area contributed by atoms with Crippen LogP contribution in [0.2, 0.25) is 0 Å². The van der Waals surface area contributed by atoms with E-state index in [0.717, 1.165) is 16.9 Å². The number of benzene rings is 1. The Balaban J connectivity index is 1.87. The molecular weight excluding hydrogens is 274 g/mol. The average molecular weight is 301 g/mol. The highest BCUT2D eigenvalue weighted by Crippen LogP contribution is 2.24. The third-order valence-corrected chi connectivity index (χ3v) is 3.76. The molecule has 0 bridgehead atoms. The van der Waals surface area contributed by atoms with E-state index in [0.29, 0.717) is 25.2 Å². The van der Waals surface area contributed by atoms with E-state index in [1.54, 1.807) is 0 Å². The van der Waals surface area contributed by atoms with E-state index >= 15 is 0 Å². The summed E-state index contributed by atoms with van der Waals surface area (Å²) in [4.78, 5) is 4.34. The van der Waals surface area contributed by atoms with Gasteiger partial charge in [0.05, 0.1) is 12.6 Å². The molecule has 1 aromatic carbocycles. The summed E-state index contributed by atoms with van der Waals surface area (Å²) >= 11 is 0. The predicted octanol–water partition coefficient (Wildman–Crippen LogP) is 3.38. The highest BCUT2D eigenvalue weighted by atomic mass is 16.5. The summed E-state index contributed by atoms with van der Waals surface area (Å²) < 4.78 is 6.07. The number of rotatable bonds is 6. The maximum atomic E-state index is 6.07. The van der Waals surface area contributed by atoms with Gasteiger partial charge in [0.15, 0.2) is 5.96 Å². The number of nitrogens with two attached hydrogens (primary N) is 1. The van der Waals surface area contributed by atoms with Crippen molar-refractivity contribution in [2.75, 3.05) is 6.54 Å². The topological polar surface area (TPSA) is 59.6 Å². The number of hydrogen-bond acceptors (Lipinski definition) is 2. The first-order chi connectivity index (χ1) is 10.6. The molecule has 4 nitrogen and oxygen atoms in total. The van der Waals surface area contributed by atoms with Crippen molar-refractivity contribution in [2.24, 2.45) is 10.7 Å². The molecule has 0 aliphatic heterocycles. The quantitative estimate of drug-likeness (QED) is 0.481. The molecule has 1 aliphatic rings. The van der Waals surface area contributed by atoms with Gasteiger partial charge in [0.1, 0.15) is 5.75 Å². The van der Waals surface area contributed by atoms with Crippen LogP contribution in [0.25, 0.3) is 0 Å². The number of aliphatic imine (C=N–C) groups is 1. The minimum Gasteiger partial charge on any atom is -0.490 e. The molecule has 0 unspecified atom stereocenters. The molecule has 0 saturated heterocycles. The number of nitrogens with zero attached hydrogens (tertiary/aromatic N) is 1.